The summed E-state index contributed by atoms with van der Waals surface area (Å²) in [7, 11) is 0. The number of rotatable bonds is 3. The predicted octanol–water partition coefficient (Wildman–Crippen LogP) is 3.39. The molecule has 0 radical (unpaired) electrons. The van der Waals surface area contributed by atoms with Gasteiger partial charge in [-0.05, 0) is 25.5 Å². The van der Waals surface area contributed by atoms with Crippen molar-refractivity contribution in [1.82, 2.24) is 15.0 Å². The van der Waals surface area contributed by atoms with Crippen molar-refractivity contribution in [3.05, 3.63) is 34.7 Å². The fourth-order valence-electron chi connectivity index (χ4n) is 1.65. The fourth-order valence-corrected chi connectivity index (χ4v) is 1.82. The van der Waals surface area contributed by atoms with Crippen LogP contribution >= 0.6 is 11.6 Å². The molecule has 2 aromatic heterocycles. The van der Waals surface area contributed by atoms with Crippen molar-refractivity contribution < 1.29 is 0 Å². The van der Waals surface area contributed by atoms with E-state index in [1.54, 1.807) is 6.07 Å². The van der Waals surface area contributed by atoms with Gasteiger partial charge in [0.15, 0.2) is 5.82 Å². The minimum absolute atomic E-state index is 0.489. The number of aryl methyl sites for hydroxylation is 2. The molecule has 84 valence electrons. The molecule has 16 heavy (non-hydrogen) atoms. The lowest BCUT2D eigenvalue weighted by atomic mass is 10.2. The van der Waals surface area contributed by atoms with Crippen LogP contribution in [-0.4, -0.2) is 15.0 Å². The summed E-state index contributed by atoms with van der Waals surface area (Å²) in [5.41, 5.74) is 3.01. The first-order valence-corrected chi connectivity index (χ1v) is 5.77. The molecule has 0 atom stereocenters. The number of H-pyrrole nitrogens is 1. The molecular formula is C12H14ClN3. The number of imidazole rings is 1. The number of hydrogen-bond acceptors (Lipinski definition) is 2. The number of nitrogens with one attached hydrogen (secondary N) is 1. The van der Waals surface area contributed by atoms with Crippen molar-refractivity contribution in [2.75, 3.05) is 0 Å². The Balaban J connectivity index is 2.37. The Labute approximate surface area is 99.9 Å². The summed E-state index contributed by atoms with van der Waals surface area (Å²) >= 11 is 5.85. The fraction of sp³-hybridized carbons (Fsp3) is 0.333. The standard InChI is InChI=1S/C12H14ClN3/c1-3-5-9-8(2)14-12(16-9)10-6-4-7-11(13)15-10/h4,6-7H,3,5H2,1-2H3,(H,14,16). The molecule has 0 amide bonds. The van der Waals surface area contributed by atoms with E-state index in [1.165, 1.54) is 5.69 Å². The highest BCUT2D eigenvalue weighted by Crippen LogP contribution is 2.18. The second-order valence-corrected chi connectivity index (χ2v) is 4.13. The van der Waals surface area contributed by atoms with Gasteiger partial charge in [-0.2, -0.15) is 0 Å². The molecule has 1 N–H and O–H groups in total. The number of aromatic amines is 1. The van der Waals surface area contributed by atoms with E-state index in [2.05, 4.69) is 21.9 Å². The van der Waals surface area contributed by atoms with Gasteiger partial charge in [-0.25, -0.2) is 9.97 Å². The van der Waals surface area contributed by atoms with E-state index in [0.29, 0.717) is 5.15 Å². The Bertz CT molecular complexity index is 491. The first-order chi connectivity index (χ1) is 7.70. The lowest BCUT2D eigenvalue weighted by Crippen LogP contribution is -1.87. The van der Waals surface area contributed by atoms with Crippen LogP contribution in [0.1, 0.15) is 24.7 Å². The van der Waals surface area contributed by atoms with E-state index in [0.717, 1.165) is 30.1 Å². The normalized spacial score (nSPS) is 10.7. The number of nitrogens with zero attached hydrogens (tertiary/aromatic N) is 2. The predicted molar refractivity (Wildman–Crippen MR) is 65.6 cm³/mol. The average molecular weight is 236 g/mol. The van der Waals surface area contributed by atoms with Crippen molar-refractivity contribution in [3.8, 4) is 11.5 Å². The molecule has 2 rings (SSSR count). The van der Waals surface area contributed by atoms with Crippen LogP contribution in [0.4, 0.5) is 0 Å². The van der Waals surface area contributed by atoms with E-state index < -0.39 is 0 Å². The minimum atomic E-state index is 0.489. The van der Waals surface area contributed by atoms with Crippen molar-refractivity contribution in [3.63, 3.8) is 0 Å². The maximum Gasteiger partial charge on any atom is 0.156 e. The van der Waals surface area contributed by atoms with Crippen molar-refractivity contribution in [1.29, 1.82) is 0 Å². The van der Waals surface area contributed by atoms with E-state index in [-0.39, 0.29) is 0 Å². The Hall–Kier alpha value is -1.35. The maximum atomic E-state index is 5.85. The number of pyridine rings is 1. The monoisotopic (exact) mass is 235 g/mol. The van der Waals surface area contributed by atoms with Gasteiger partial charge in [0.05, 0.1) is 5.69 Å². The highest BCUT2D eigenvalue weighted by Gasteiger charge is 2.08. The molecule has 0 bridgehead atoms. The molecule has 0 spiro atoms. The van der Waals surface area contributed by atoms with Crippen molar-refractivity contribution in [2.24, 2.45) is 0 Å². The molecule has 3 nitrogen and oxygen atoms in total. The summed E-state index contributed by atoms with van der Waals surface area (Å²) in [5, 5.41) is 0.489. The summed E-state index contributed by atoms with van der Waals surface area (Å²) < 4.78 is 0. The molecule has 0 aliphatic rings. The molecule has 2 heterocycles. The van der Waals surface area contributed by atoms with E-state index in [9.17, 15) is 0 Å². The molecule has 4 heteroatoms. The van der Waals surface area contributed by atoms with Gasteiger partial charge in [0, 0.05) is 5.69 Å². The molecule has 0 aliphatic carbocycles. The van der Waals surface area contributed by atoms with Crippen molar-refractivity contribution >= 4 is 11.6 Å². The number of aromatic nitrogens is 3. The summed E-state index contributed by atoms with van der Waals surface area (Å²) in [5.74, 6) is 0.795. The second kappa shape index (κ2) is 4.66. The van der Waals surface area contributed by atoms with Crippen LogP contribution in [0.25, 0.3) is 11.5 Å². The molecule has 0 fully saturated rings. The molecule has 0 aliphatic heterocycles. The zero-order valence-corrected chi connectivity index (χ0v) is 10.2. The van der Waals surface area contributed by atoms with Crippen LogP contribution in [0.5, 0.6) is 0 Å². The highest BCUT2D eigenvalue weighted by molar-refractivity contribution is 6.29. The summed E-state index contributed by atoms with van der Waals surface area (Å²) in [6.45, 7) is 4.16. The second-order valence-electron chi connectivity index (χ2n) is 3.74. The molecule has 0 saturated heterocycles. The first kappa shape index (κ1) is 11.1. The summed E-state index contributed by atoms with van der Waals surface area (Å²) in [6.07, 6.45) is 2.12. The zero-order chi connectivity index (χ0) is 11.5. The SMILES string of the molecule is CCCc1[nH]c(-c2cccc(Cl)n2)nc1C. The lowest BCUT2D eigenvalue weighted by molar-refractivity contribution is 0.882. The highest BCUT2D eigenvalue weighted by atomic mass is 35.5. The van der Waals surface area contributed by atoms with Gasteiger partial charge in [0.25, 0.3) is 0 Å². The lowest BCUT2D eigenvalue weighted by Gasteiger charge is -1.96. The van der Waals surface area contributed by atoms with Crippen LogP contribution in [0.3, 0.4) is 0 Å². The molecule has 0 saturated carbocycles. The largest absolute Gasteiger partial charge is 0.340 e. The van der Waals surface area contributed by atoms with E-state index in [1.807, 2.05) is 19.1 Å². The van der Waals surface area contributed by atoms with Gasteiger partial charge in [-0.3, -0.25) is 0 Å². The third-order valence-corrected chi connectivity index (χ3v) is 2.65. The van der Waals surface area contributed by atoms with Gasteiger partial charge in [0.2, 0.25) is 0 Å². The Morgan fingerprint density at radius 3 is 2.81 bits per heavy atom. The zero-order valence-electron chi connectivity index (χ0n) is 9.42. The number of hydrogen-bond donors (Lipinski definition) is 1. The van der Waals surface area contributed by atoms with Gasteiger partial charge < -0.3 is 4.98 Å². The quantitative estimate of drug-likeness (QED) is 0.829. The van der Waals surface area contributed by atoms with Crippen LogP contribution in [-0.2, 0) is 6.42 Å². The maximum absolute atomic E-state index is 5.85. The van der Waals surface area contributed by atoms with Gasteiger partial charge >= 0.3 is 0 Å². The molecular weight excluding hydrogens is 222 g/mol. The van der Waals surface area contributed by atoms with E-state index in [4.69, 9.17) is 11.6 Å². The Morgan fingerprint density at radius 1 is 1.31 bits per heavy atom. The minimum Gasteiger partial charge on any atom is -0.340 e. The molecule has 0 aromatic carbocycles. The van der Waals surface area contributed by atoms with E-state index >= 15 is 0 Å². The third-order valence-electron chi connectivity index (χ3n) is 2.44. The molecule has 2 aromatic rings. The average Bonchev–Trinajstić information content (AvgIpc) is 2.61. The molecule has 0 unspecified atom stereocenters. The topological polar surface area (TPSA) is 41.6 Å². The Kier molecular flexibility index (Phi) is 3.25. The number of halogens is 1. The summed E-state index contributed by atoms with van der Waals surface area (Å²) in [6, 6.07) is 5.54. The van der Waals surface area contributed by atoms with Gasteiger partial charge in [0.1, 0.15) is 10.8 Å². The Morgan fingerprint density at radius 2 is 2.12 bits per heavy atom. The summed E-state index contributed by atoms with van der Waals surface area (Å²) in [4.78, 5) is 12.0. The van der Waals surface area contributed by atoms with Crippen LogP contribution < -0.4 is 0 Å². The van der Waals surface area contributed by atoms with Gasteiger partial charge in [-0.1, -0.05) is 31.0 Å². The van der Waals surface area contributed by atoms with Crippen molar-refractivity contribution in [2.45, 2.75) is 26.7 Å². The third kappa shape index (κ3) is 2.25. The van der Waals surface area contributed by atoms with Crippen LogP contribution in [0, 0.1) is 6.92 Å². The van der Waals surface area contributed by atoms with Gasteiger partial charge in [-0.15, -0.1) is 0 Å². The smallest absolute Gasteiger partial charge is 0.156 e. The van der Waals surface area contributed by atoms with Crippen LogP contribution in [0.2, 0.25) is 5.15 Å². The van der Waals surface area contributed by atoms with Crippen LogP contribution in [0.15, 0.2) is 18.2 Å². The first-order valence-electron chi connectivity index (χ1n) is 5.39.